The normalized spacial score (nSPS) is 11.0. The second-order valence-corrected chi connectivity index (χ2v) is 6.73. The number of nitrogens with zero attached hydrogens (tertiary/aromatic N) is 3. The van der Waals surface area contributed by atoms with Gasteiger partial charge in [0.1, 0.15) is 5.82 Å². The molecule has 0 N–H and O–H groups in total. The number of carbonyl (C=O) groups excluding carboxylic acids is 1. The molecule has 3 aromatic rings. The molecule has 0 unspecified atom stereocenters. The summed E-state index contributed by atoms with van der Waals surface area (Å²) in [5, 5.41) is 3.94. The molecule has 0 aliphatic heterocycles. The zero-order chi connectivity index (χ0) is 19.4. The summed E-state index contributed by atoms with van der Waals surface area (Å²) >= 11 is 0. The van der Waals surface area contributed by atoms with Crippen LogP contribution < -0.4 is 0 Å². The van der Waals surface area contributed by atoms with E-state index in [1.807, 2.05) is 45.0 Å². The molecular formula is C21H22FN3O2. The van der Waals surface area contributed by atoms with Gasteiger partial charge in [0.05, 0.1) is 0 Å². The van der Waals surface area contributed by atoms with E-state index in [1.165, 1.54) is 12.1 Å². The number of benzene rings is 2. The second-order valence-electron chi connectivity index (χ2n) is 6.73. The van der Waals surface area contributed by atoms with Crippen molar-refractivity contribution in [3.8, 4) is 11.4 Å². The van der Waals surface area contributed by atoms with E-state index in [0.717, 1.165) is 5.56 Å². The second kappa shape index (κ2) is 8.12. The van der Waals surface area contributed by atoms with Crippen LogP contribution in [0.15, 0.2) is 53.1 Å². The molecule has 1 heterocycles. The maximum atomic E-state index is 13.0. The molecule has 0 atom stereocenters. The SMILES string of the molecule is Cc1ccc(C(=O)N(CCc2nc(-c3ccc(F)cc3)no2)C(C)C)cc1. The third-order valence-corrected chi connectivity index (χ3v) is 4.32. The fourth-order valence-corrected chi connectivity index (χ4v) is 2.74. The monoisotopic (exact) mass is 367 g/mol. The predicted octanol–water partition coefficient (Wildman–Crippen LogP) is 4.28. The number of hydrogen-bond acceptors (Lipinski definition) is 4. The number of aromatic nitrogens is 2. The van der Waals surface area contributed by atoms with E-state index in [4.69, 9.17) is 4.52 Å². The van der Waals surface area contributed by atoms with E-state index in [9.17, 15) is 9.18 Å². The van der Waals surface area contributed by atoms with Gasteiger partial charge in [0, 0.05) is 30.1 Å². The van der Waals surface area contributed by atoms with Gasteiger partial charge in [0.2, 0.25) is 11.7 Å². The first-order valence-electron chi connectivity index (χ1n) is 8.90. The van der Waals surface area contributed by atoms with Crippen molar-refractivity contribution < 1.29 is 13.7 Å². The van der Waals surface area contributed by atoms with E-state index in [-0.39, 0.29) is 17.8 Å². The highest BCUT2D eigenvalue weighted by Crippen LogP contribution is 2.17. The number of amides is 1. The molecular weight excluding hydrogens is 345 g/mol. The van der Waals surface area contributed by atoms with E-state index in [1.54, 1.807) is 17.0 Å². The Labute approximate surface area is 157 Å². The van der Waals surface area contributed by atoms with Gasteiger partial charge in [-0.1, -0.05) is 22.9 Å². The maximum Gasteiger partial charge on any atom is 0.254 e. The largest absolute Gasteiger partial charge is 0.339 e. The Kier molecular flexibility index (Phi) is 5.64. The molecule has 2 aromatic carbocycles. The number of carbonyl (C=O) groups is 1. The van der Waals surface area contributed by atoms with Crippen molar-refractivity contribution in [3.05, 3.63) is 71.4 Å². The minimum absolute atomic E-state index is 0.0247. The molecule has 0 fully saturated rings. The summed E-state index contributed by atoms with van der Waals surface area (Å²) in [6.07, 6.45) is 0.448. The minimum atomic E-state index is -0.315. The van der Waals surface area contributed by atoms with Crippen molar-refractivity contribution >= 4 is 5.91 Å². The summed E-state index contributed by atoms with van der Waals surface area (Å²) in [7, 11) is 0. The van der Waals surface area contributed by atoms with Crippen LogP contribution in [0.4, 0.5) is 4.39 Å². The zero-order valence-corrected chi connectivity index (χ0v) is 15.6. The van der Waals surface area contributed by atoms with Gasteiger partial charge in [-0.2, -0.15) is 4.98 Å². The molecule has 0 spiro atoms. The Morgan fingerprint density at radius 3 is 2.41 bits per heavy atom. The quantitative estimate of drug-likeness (QED) is 0.653. The molecule has 1 amide bonds. The third kappa shape index (κ3) is 4.58. The topological polar surface area (TPSA) is 59.2 Å². The fraction of sp³-hybridized carbons (Fsp3) is 0.286. The molecule has 27 heavy (non-hydrogen) atoms. The summed E-state index contributed by atoms with van der Waals surface area (Å²) < 4.78 is 18.3. The van der Waals surface area contributed by atoms with Gasteiger partial charge in [-0.05, 0) is 57.2 Å². The smallest absolute Gasteiger partial charge is 0.254 e. The van der Waals surface area contributed by atoms with Crippen LogP contribution in [0, 0.1) is 12.7 Å². The first kappa shape index (κ1) is 18.8. The lowest BCUT2D eigenvalue weighted by Crippen LogP contribution is -2.38. The van der Waals surface area contributed by atoms with Crippen molar-refractivity contribution in [3.63, 3.8) is 0 Å². The highest BCUT2D eigenvalue weighted by atomic mass is 19.1. The third-order valence-electron chi connectivity index (χ3n) is 4.32. The number of hydrogen-bond donors (Lipinski definition) is 0. The molecule has 6 heteroatoms. The van der Waals surface area contributed by atoms with Crippen molar-refractivity contribution in [2.45, 2.75) is 33.2 Å². The summed E-state index contributed by atoms with van der Waals surface area (Å²) in [5.41, 5.74) is 2.46. The average molecular weight is 367 g/mol. The van der Waals surface area contributed by atoms with Crippen LogP contribution in [-0.4, -0.2) is 33.5 Å². The van der Waals surface area contributed by atoms with Crippen molar-refractivity contribution in [1.82, 2.24) is 15.0 Å². The van der Waals surface area contributed by atoms with Gasteiger partial charge in [-0.25, -0.2) is 4.39 Å². The molecule has 1 aromatic heterocycles. The van der Waals surface area contributed by atoms with Gasteiger partial charge >= 0.3 is 0 Å². The Balaban J connectivity index is 1.68. The molecule has 3 rings (SSSR count). The Morgan fingerprint density at radius 2 is 1.78 bits per heavy atom. The van der Waals surface area contributed by atoms with Crippen molar-refractivity contribution in [2.24, 2.45) is 0 Å². The molecule has 0 aliphatic carbocycles. The van der Waals surface area contributed by atoms with Crippen LogP contribution in [0.25, 0.3) is 11.4 Å². The van der Waals surface area contributed by atoms with Crippen LogP contribution in [0.3, 0.4) is 0 Å². The van der Waals surface area contributed by atoms with E-state index in [0.29, 0.717) is 35.8 Å². The van der Waals surface area contributed by atoms with Crippen molar-refractivity contribution in [1.29, 1.82) is 0 Å². The Hall–Kier alpha value is -3.02. The first-order chi connectivity index (χ1) is 12.9. The predicted molar refractivity (Wildman–Crippen MR) is 101 cm³/mol. The summed E-state index contributed by atoms with van der Waals surface area (Å²) in [4.78, 5) is 18.9. The van der Waals surface area contributed by atoms with Crippen LogP contribution in [-0.2, 0) is 6.42 Å². The van der Waals surface area contributed by atoms with E-state index >= 15 is 0 Å². The number of aryl methyl sites for hydroxylation is 1. The summed E-state index contributed by atoms with van der Waals surface area (Å²) in [6, 6.07) is 13.5. The highest BCUT2D eigenvalue weighted by Gasteiger charge is 2.20. The van der Waals surface area contributed by atoms with Gasteiger partial charge in [0.15, 0.2) is 0 Å². The summed E-state index contributed by atoms with van der Waals surface area (Å²) in [5.74, 6) is 0.510. The summed E-state index contributed by atoms with van der Waals surface area (Å²) in [6.45, 7) is 6.41. The van der Waals surface area contributed by atoms with Gasteiger partial charge in [-0.3, -0.25) is 4.79 Å². The van der Waals surface area contributed by atoms with Crippen LogP contribution in [0.5, 0.6) is 0 Å². The molecule has 0 saturated heterocycles. The zero-order valence-electron chi connectivity index (χ0n) is 15.6. The molecule has 0 saturated carbocycles. The maximum absolute atomic E-state index is 13.0. The Morgan fingerprint density at radius 1 is 1.11 bits per heavy atom. The fourth-order valence-electron chi connectivity index (χ4n) is 2.74. The van der Waals surface area contributed by atoms with Gasteiger partial charge < -0.3 is 9.42 Å². The minimum Gasteiger partial charge on any atom is -0.339 e. The molecule has 5 nitrogen and oxygen atoms in total. The van der Waals surface area contributed by atoms with E-state index in [2.05, 4.69) is 10.1 Å². The molecule has 0 bridgehead atoms. The number of halogens is 1. The number of rotatable bonds is 6. The highest BCUT2D eigenvalue weighted by molar-refractivity contribution is 5.94. The Bertz CT molecular complexity index is 902. The van der Waals surface area contributed by atoms with Gasteiger partial charge in [-0.15, -0.1) is 0 Å². The van der Waals surface area contributed by atoms with Crippen LogP contribution >= 0.6 is 0 Å². The molecule has 0 aliphatic rings. The molecule has 0 radical (unpaired) electrons. The van der Waals surface area contributed by atoms with Crippen molar-refractivity contribution in [2.75, 3.05) is 6.54 Å². The van der Waals surface area contributed by atoms with Gasteiger partial charge in [0.25, 0.3) is 5.91 Å². The molecule has 140 valence electrons. The van der Waals surface area contributed by atoms with Crippen LogP contribution in [0.2, 0.25) is 0 Å². The average Bonchev–Trinajstić information content (AvgIpc) is 3.11. The first-order valence-corrected chi connectivity index (χ1v) is 8.90. The lowest BCUT2D eigenvalue weighted by atomic mass is 10.1. The van der Waals surface area contributed by atoms with E-state index < -0.39 is 0 Å². The van der Waals surface area contributed by atoms with Crippen LogP contribution in [0.1, 0.15) is 35.7 Å². The lowest BCUT2D eigenvalue weighted by Gasteiger charge is -2.26. The lowest BCUT2D eigenvalue weighted by molar-refractivity contribution is 0.0704. The standard InChI is InChI=1S/C21H22FN3O2/c1-14(2)25(21(26)17-6-4-15(3)5-7-17)13-12-19-23-20(24-27-19)16-8-10-18(22)11-9-16/h4-11,14H,12-13H2,1-3H3.